The molecule has 22 heavy (non-hydrogen) atoms. The number of piperidine rings is 1. The van der Waals surface area contributed by atoms with Gasteiger partial charge in [-0.15, -0.1) is 0 Å². The van der Waals surface area contributed by atoms with Crippen LogP contribution >= 0.6 is 0 Å². The van der Waals surface area contributed by atoms with E-state index in [1.165, 1.54) is 6.26 Å². The van der Waals surface area contributed by atoms with Crippen LogP contribution in [0.2, 0.25) is 0 Å². The van der Waals surface area contributed by atoms with Crippen LogP contribution < -0.4 is 10.1 Å². The number of hydrogen-bond acceptors (Lipinski definition) is 4. The minimum atomic E-state index is -2.60. The lowest BCUT2D eigenvalue weighted by atomic mass is 9.90. The van der Waals surface area contributed by atoms with Crippen molar-refractivity contribution in [1.82, 2.24) is 5.32 Å². The molecule has 0 radical (unpaired) electrons. The van der Waals surface area contributed by atoms with E-state index in [-0.39, 0.29) is 18.1 Å². The summed E-state index contributed by atoms with van der Waals surface area (Å²) in [4.78, 5) is 23.2. The molecule has 0 spiro atoms. The number of fused-ring (bicyclic) bond motifs is 1. The Kier molecular flexibility index (Phi) is 3.79. The summed E-state index contributed by atoms with van der Waals surface area (Å²) in [5, 5.41) is 2.77. The van der Waals surface area contributed by atoms with E-state index in [9.17, 15) is 18.4 Å². The molecular formula is C15H13F2NO4. The molecule has 1 aromatic heterocycles. The zero-order valence-corrected chi connectivity index (χ0v) is 11.5. The third-order valence-electron chi connectivity index (χ3n) is 3.57. The highest BCUT2D eigenvalue weighted by Gasteiger charge is 2.31. The first kappa shape index (κ1) is 14.5. The molecule has 2 aromatic rings. The van der Waals surface area contributed by atoms with Crippen LogP contribution in [0.1, 0.15) is 24.3 Å². The van der Waals surface area contributed by atoms with Gasteiger partial charge in [-0.25, -0.2) is 8.78 Å². The summed E-state index contributed by atoms with van der Waals surface area (Å²) in [5.41, 5.74) is 0.997. The topological polar surface area (TPSA) is 68.5 Å². The number of carbonyl (C=O) groups is 2. The Morgan fingerprint density at radius 3 is 2.91 bits per heavy atom. The molecule has 0 saturated carbocycles. The highest BCUT2D eigenvalue weighted by atomic mass is 19.3. The number of halogens is 2. The molecular weight excluding hydrogens is 296 g/mol. The zero-order chi connectivity index (χ0) is 15.7. The van der Waals surface area contributed by atoms with E-state index in [0.29, 0.717) is 23.0 Å². The summed E-state index contributed by atoms with van der Waals surface area (Å²) in [6, 6.07) is 4.84. The molecule has 1 aliphatic rings. The number of rotatable bonds is 4. The smallest absolute Gasteiger partial charge is 0.272 e. The van der Waals surface area contributed by atoms with Crippen LogP contribution in [-0.4, -0.2) is 24.8 Å². The number of amides is 2. The van der Waals surface area contributed by atoms with Gasteiger partial charge < -0.3 is 9.15 Å². The second kappa shape index (κ2) is 5.75. The number of ether oxygens (including phenoxy) is 1. The number of benzene rings is 1. The SMILES string of the molecule is O=C1CCC(c2coc3cccc(OCC(F)F)c23)C(=O)N1. The second-order valence-corrected chi connectivity index (χ2v) is 5.03. The third kappa shape index (κ3) is 2.66. The minimum Gasteiger partial charge on any atom is -0.487 e. The molecule has 1 atom stereocenters. The van der Waals surface area contributed by atoms with Crippen LogP contribution in [0.15, 0.2) is 28.9 Å². The van der Waals surface area contributed by atoms with Gasteiger partial charge in [-0.3, -0.25) is 14.9 Å². The van der Waals surface area contributed by atoms with Crippen molar-refractivity contribution >= 4 is 22.8 Å². The molecule has 0 bridgehead atoms. The summed E-state index contributed by atoms with van der Waals surface area (Å²) >= 11 is 0. The third-order valence-corrected chi connectivity index (χ3v) is 3.57. The van der Waals surface area contributed by atoms with Crippen molar-refractivity contribution in [2.45, 2.75) is 25.2 Å². The molecule has 1 fully saturated rings. The molecule has 1 aliphatic heterocycles. The average Bonchev–Trinajstić information content (AvgIpc) is 2.89. The van der Waals surface area contributed by atoms with Gasteiger partial charge >= 0.3 is 0 Å². The first-order valence-electron chi connectivity index (χ1n) is 6.81. The summed E-state index contributed by atoms with van der Waals surface area (Å²) in [6.45, 7) is -0.737. The predicted octanol–water partition coefficient (Wildman–Crippen LogP) is 2.60. The lowest BCUT2D eigenvalue weighted by Crippen LogP contribution is -2.39. The van der Waals surface area contributed by atoms with Gasteiger partial charge in [-0.1, -0.05) is 6.07 Å². The molecule has 0 aliphatic carbocycles. The van der Waals surface area contributed by atoms with Crippen molar-refractivity contribution in [2.24, 2.45) is 0 Å². The summed E-state index contributed by atoms with van der Waals surface area (Å²) < 4.78 is 35.2. The van der Waals surface area contributed by atoms with Gasteiger partial charge in [0.25, 0.3) is 6.43 Å². The predicted molar refractivity (Wildman–Crippen MR) is 72.8 cm³/mol. The Morgan fingerprint density at radius 2 is 2.18 bits per heavy atom. The first-order chi connectivity index (χ1) is 10.6. The van der Waals surface area contributed by atoms with Crippen LogP contribution in [-0.2, 0) is 9.59 Å². The molecule has 116 valence electrons. The largest absolute Gasteiger partial charge is 0.487 e. The van der Waals surface area contributed by atoms with Gasteiger partial charge in [-0.2, -0.15) is 0 Å². The van der Waals surface area contributed by atoms with E-state index >= 15 is 0 Å². The minimum absolute atomic E-state index is 0.225. The van der Waals surface area contributed by atoms with Crippen molar-refractivity contribution in [1.29, 1.82) is 0 Å². The fraction of sp³-hybridized carbons (Fsp3) is 0.333. The lowest BCUT2D eigenvalue weighted by molar-refractivity contribution is -0.134. The molecule has 3 rings (SSSR count). The van der Waals surface area contributed by atoms with Crippen molar-refractivity contribution in [3.8, 4) is 5.75 Å². The summed E-state index contributed by atoms with van der Waals surface area (Å²) in [5.74, 6) is -1.05. The van der Waals surface area contributed by atoms with Crippen molar-refractivity contribution in [3.05, 3.63) is 30.0 Å². The van der Waals surface area contributed by atoms with Crippen LogP contribution in [0.4, 0.5) is 8.78 Å². The molecule has 2 amide bonds. The van der Waals surface area contributed by atoms with Crippen LogP contribution in [0, 0.1) is 0 Å². The fourth-order valence-corrected chi connectivity index (χ4v) is 2.60. The maximum Gasteiger partial charge on any atom is 0.272 e. The Labute approximate surface area is 124 Å². The molecule has 7 heteroatoms. The van der Waals surface area contributed by atoms with Gasteiger partial charge in [0.15, 0.2) is 0 Å². The number of carbonyl (C=O) groups excluding carboxylic acids is 2. The molecule has 1 saturated heterocycles. The molecule has 1 unspecified atom stereocenters. The van der Waals surface area contributed by atoms with Crippen LogP contribution in [0.3, 0.4) is 0 Å². The van der Waals surface area contributed by atoms with Crippen molar-refractivity contribution in [3.63, 3.8) is 0 Å². The van der Waals surface area contributed by atoms with Gasteiger partial charge in [0.1, 0.15) is 17.9 Å². The Bertz CT molecular complexity index is 725. The van der Waals surface area contributed by atoms with Gasteiger partial charge in [0, 0.05) is 12.0 Å². The van der Waals surface area contributed by atoms with E-state index in [1.807, 2.05) is 0 Å². The van der Waals surface area contributed by atoms with Gasteiger partial charge in [0.05, 0.1) is 17.6 Å². The van der Waals surface area contributed by atoms with Crippen LogP contribution in [0.25, 0.3) is 11.0 Å². The van der Waals surface area contributed by atoms with E-state index in [1.54, 1.807) is 18.2 Å². The average molecular weight is 309 g/mol. The summed E-state index contributed by atoms with van der Waals surface area (Å²) in [6.07, 6.45) is -0.604. The van der Waals surface area contributed by atoms with E-state index in [0.717, 1.165) is 0 Å². The highest BCUT2D eigenvalue weighted by molar-refractivity contribution is 6.03. The fourth-order valence-electron chi connectivity index (χ4n) is 2.60. The Morgan fingerprint density at radius 1 is 1.36 bits per heavy atom. The number of alkyl halides is 2. The number of furan rings is 1. The molecule has 2 heterocycles. The maximum atomic E-state index is 12.4. The summed E-state index contributed by atoms with van der Waals surface area (Å²) in [7, 11) is 0. The van der Waals surface area contributed by atoms with Gasteiger partial charge in [0.2, 0.25) is 11.8 Å². The molecule has 5 nitrogen and oxygen atoms in total. The maximum absolute atomic E-state index is 12.4. The normalized spacial score (nSPS) is 18.8. The van der Waals surface area contributed by atoms with E-state index < -0.39 is 24.9 Å². The number of imide groups is 1. The van der Waals surface area contributed by atoms with Gasteiger partial charge in [-0.05, 0) is 18.6 Å². The van der Waals surface area contributed by atoms with Crippen molar-refractivity contribution < 1.29 is 27.5 Å². The lowest BCUT2D eigenvalue weighted by Gasteiger charge is -2.20. The molecule has 1 N–H and O–H groups in total. The van der Waals surface area contributed by atoms with Crippen molar-refractivity contribution in [2.75, 3.05) is 6.61 Å². The standard InChI is InChI=1S/C15H13F2NO4/c16-12(17)7-22-11-3-1-2-10-14(11)9(6-21-10)8-4-5-13(19)18-15(8)20/h1-3,6,8,12H,4-5,7H2,(H,18,19,20). The van der Waals surface area contributed by atoms with E-state index in [4.69, 9.17) is 9.15 Å². The number of nitrogens with one attached hydrogen (secondary N) is 1. The zero-order valence-electron chi connectivity index (χ0n) is 11.5. The number of hydrogen-bond donors (Lipinski definition) is 1. The highest BCUT2D eigenvalue weighted by Crippen LogP contribution is 2.37. The second-order valence-electron chi connectivity index (χ2n) is 5.03. The quantitative estimate of drug-likeness (QED) is 0.881. The monoisotopic (exact) mass is 309 g/mol. The Balaban J connectivity index is 1.99. The van der Waals surface area contributed by atoms with Crippen LogP contribution in [0.5, 0.6) is 5.75 Å². The first-order valence-corrected chi connectivity index (χ1v) is 6.81. The Hall–Kier alpha value is -2.44. The van der Waals surface area contributed by atoms with E-state index in [2.05, 4.69) is 5.32 Å². The molecule has 1 aromatic carbocycles.